The summed E-state index contributed by atoms with van der Waals surface area (Å²) in [7, 11) is 2.24. The van der Waals surface area contributed by atoms with Crippen LogP contribution in [0.3, 0.4) is 0 Å². The normalized spacial score (nSPS) is 34.4. The van der Waals surface area contributed by atoms with Gasteiger partial charge in [-0.15, -0.1) is 0 Å². The van der Waals surface area contributed by atoms with Crippen molar-refractivity contribution in [2.24, 2.45) is 11.7 Å². The summed E-state index contributed by atoms with van der Waals surface area (Å²) in [5.74, 6) is 0.321. The third kappa shape index (κ3) is 2.73. The lowest BCUT2D eigenvalue weighted by Gasteiger charge is -2.38. The lowest BCUT2D eigenvalue weighted by Crippen LogP contribution is -2.59. The molecule has 0 bridgehead atoms. The fraction of sp³-hybridized carbons (Fsp3) is 0.938. The van der Waals surface area contributed by atoms with Crippen molar-refractivity contribution in [1.82, 2.24) is 10.2 Å². The molecule has 0 heterocycles. The fourth-order valence-electron chi connectivity index (χ4n) is 4.02. The number of primary amides is 1. The zero-order valence-electron chi connectivity index (χ0n) is 12.7. The Morgan fingerprint density at radius 1 is 1.25 bits per heavy atom. The molecule has 3 fully saturated rings. The van der Waals surface area contributed by atoms with Crippen LogP contribution < -0.4 is 11.1 Å². The van der Waals surface area contributed by atoms with E-state index in [0.717, 1.165) is 38.3 Å². The molecule has 0 saturated heterocycles. The van der Waals surface area contributed by atoms with Crippen LogP contribution >= 0.6 is 0 Å². The number of hydrogen-bond acceptors (Lipinski definition) is 3. The molecule has 114 valence electrons. The maximum Gasteiger partial charge on any atom is 0.238 e. The minimum atomic E-state index is -0.401. The Balaban J connectivity index is 1.58. The third-order valence-electron chi connectivity index (χ3n) is 5.83. The Hall–Kier alpha value is -0.610. The molecule has 0 radical (unpaired) electrons. The lowest BCUT2D eigenvalue weighted by molar-refractivity contribution is -0.126. The summed E-state index contributed by atoms with van der Waals surface area (Å²) in [5, 5.41) is 3.60. The van der Waals surface area contributed by atoms with Gasteiger partial charge in [-0.2, -0.15) is 0 Å². The average molecular weight is 279 g/mol. The minimum absolute atomic E-state index is 0.113. The number of carbonyl (C=O) groups excluding carboxylic acids is 1. The van der Waals surface area contributed by atoms with Gasteiger partial charge in [0.05, 0.1) is 0 Å². The van der Waals surface area contributed by atoms with Crippen molar-refractivity contribution in [3.8, 4) is 0 Å². The van der Waals surface area contributed by atoms with E-state index in [2.05, 4.69) is 17.3 Å². The van der Waals surface area contributed by atoms with Gasteiger partial charge in [-0.05, 0) is 64.5 Å². The zero-order chi connectivity index (χ0) is 14.2. The van der Waals surface area contributed by atoms with Gasteiger partial charge in [0.15, 0.2) is 0 Å². The standard InChI is InChI=1S/C16H29N3O/c1-19(14-5-2-6-14)11-9-12-4-3-10-16(12,15(17)20)18-13-7-8-13/h12-14,18H,2-11H2,1H3,(H2,17,20). The molecule has 0 spiro atoms. The minimum Gasteiger partial charge on any atom is -0.368 e. The SMILES string of the molecule is CN(CCC1CCCC1(NC1CC1)C(N)=O)C1CCC1. The molecule has 3 rings (SSSR count). The molecule has 3 aliphatic rings. The topological polar surface area (TPSA) is 58.4 Å². The highest BCUT2D eigenvalue weighted by molar-refractivity contribution is 5.85. The highest BCUT2D eigenvalue weighted by Crippen LogP contribution is 2.40. The van der Waals surface area contributed by atoms with E-state index in [9.17, 15) is 4.79 Å². The van der Waals surface area contributed by atoms with Crippen LogP contribution in [-0.4, -0.2) is 42.0 Å². The summed E-state index contributed by atoms with van der Waals surface area (Å²) in [4.78, 5) is 14.6. The van der Waals surface area contributed by atoms with Crippen molar-refractivity contribution >= 4 is 5.91 Å². The smallest absolute Gasteiger partial charge is 0.238 e. The molecule has 4 heteroatoms. The van der Waals surface area contributed by atoms with Crippen LogP contribution in [0.4, 0.5) is 0 Å². The Morgan fingerprint density at radius 3 is 2.55 bits per heavy atom. The lowest BCUT2D eigenvalue weighted by atomic mass is 9.83. The van der Waals surface area contributed by atoms with E-state index in [1.54, 1.807) is 0 Å². The van der Waals surface area contributed by atoms with Gasteiger partial charge in [0.1, 0.15) is 5.54 Å². The predicted octanol–water partition coefficient (Wildman–Crippen LogP) is 1.64. The highest BCUT2D eigenvalue weighted by atomic mass is 16.1. The number of nitrogens with zero attached hydrogens (tertiary/aromatic N) is 1. The molecule has 0 aromatic carbocycles. The molecule has 3 aliphatic carbocycles. The first kappa shape index (κ1) is 14.3. The van der Waals surface area contributed by atoms with Gasteiger partial charge in [-0.3, -0.25) is 4.79 Å². The second-order valence-corrected chi connectivity index (χ2v) is 7.20. The van der Waals surface area contributed by atoms with Gasteiger partial charge in [-0.25, -0.2) is 0 Å². The molecular weight excluding hydrogens is 250 g/mol. The Labute approximate surface area is 122 Å². The van der Waals surface area contributed by atoms with Gasteiger partial charge >= 0.3 is 0 Å². The molecule has 0 aliphatic heterocycles. The van der Waals surface area contributed by atoms with E-state index < -0.39 is 5.54 Å². The summed E-state index contributed by atoms with van der Waals surface area (Å²) in [6, 6.07) is 1.34. The summed E-state index contributed by atoms with van der Waals surface area (Å²) < 4.78 is 0. The number of amides is 1. The second-order valence-electron chi connectivity index (χ2n) is 7.20. The fourth-order valence-corrected chi connectivity index (χ4v) is 4.02. The first-order valence-electron chi connectivity index (χ1n) is 8.39. The number of hydrogen-bond donors (Lipinski definition) is 2. The number of rotatable bonds is 7. The second kappa shape index (κ2) is 5.64. The average Bonchev–Trinajstić information content (AvgIpc) is 3.03. The summed E-state index contributed by atoms with van der Waals surface area (Å²) in [6.07, 6.45) is 10.8. The van der Waals surface area contributed by atoms with E-state index in [0.29, 0.717) is 12.0 Å². The molecule has 3 N–H and O–H groups in total. The van der Waals surface area contributed by atoms with Crippen LogP contribution in [0, 0.1) is 5.92 Å². The predicted molar refractivity (Wildman–Crippen MR) is 80.3 cm³/mol. The molecule has 1 amide bonds. The Bertz CT molecular complexity index is 365. The molecule has 2 atom stereocenters. The maximum absolute atomic E-state index is 12.1. The Morgan fingerprint density at radius 2 is 2.00 bits per heavy atom. The monoisotopic (exact) mass is 279 g/mol. The summed E-state index contributed by atoms with van der Waals surface area (Å²) in [5.41, 5.74) is 5.39. The van der Waals surface area contributed by atoms with Crippen molar-refractivity contribution in [2.75, 3.05) is 13.6 Å². The maximum atomic E-state index is 12.1. The van der Waals surface area contributed by atoms with Crippen molar-refractivity contribution in [3.05, 3.63) is 0 Å². The van der Waals surface area contributed by atoms with Crippen LogP contribution in [0.5, 0.6) is 0 Å². The number of carbonyl (C=O) groups is 1. The number of nitrogens with one attached hydrogen (secondary N) is 1. The van der Waals surface area contributed by atoms with Crippen LogP contribution in [0.15, 0.2) is 0 Å². The molecule has 20 heavy (non-hydrogen) atoms. The first-order chi connectivity index (χ1) is 9.62. The Kier molecular flexibility index (Phi) is 4.04. The molecule has 0 aromatic rings. The van der Waals surface area contributed by atoms with Crippen LogP contribution in [0.2, 0.25) is 0 Å². The largest absolute Gasteiger partial charge is 0.368 e. The van der Waals surface area contributed by atoms with Gasteiger partial charge in [-0.1, -0.05) is 12.8 Å². The van der Waals surface area contributed by atoms with E-state index in [-0.39, 0.29) is 5.91 Å². The molecule has 0 aromatic heterocycles. The van der Waals surface area contributed by atoms with E-state index in [1.165, 1.54) is 32.1 Å². The first-order valence-corrected chi connectivity index (χ1v) is 8.39. The van der Waals surface area contributed by atoms with Crippen molar-refractivity contribution < 1.29 is 4.79 Å². The van der Waals surface area contributed by atoms with E-state index in [1.807, 2.05) is 0 Å². The van der Waals surface area contributed by atoms with Gasteiger partial charge in [0.2, 0.25) is 5.91 Å². The van der Waals surface area contributed by atoms with E-state index in [4.69, 9.17) is 5.73 Å². The van der Waals surface area contributed by atoms with Gasteiger partial charge in [0, 0.05) is 12.1 Å². The van der Waals surface area contributed by atoms with E-state index >= 15 is 0 Å². The summed E-state index contributed by atoms with van der Waals surface area (Å²) in [6.45, 7) is 1.11. The zero-order valence-corrected chi connectivity index (χ0v) is 12.7. The van der Waals surface area contributed by atoms with Gasteiger partial charge < -0.3 is 16.0 Å². The highest BCUT2D eigenvalue weighted by Gasteiger charge is 2.49. The summed E-state index contributed by atoms with van der Waals surface area (Å²) >= 11 is 0. The van der Waals surface area contributed by atoms with Crippen LogP contribution in [0.25, 0.3) is 0 Å². The molecular formula is C16H29N3O. The van der Waals surface area contributed by atoms with Gasteiger partial charge in [0.25, 0.3) is 0 Å². The quantitative estimate of drug-likeness (QED) is 0.745. The molecule has 4 nitrogen and oxygen atoms in total. The van der Waals surface area contributed by atoms with Crippen molar-refractivity contribution in [1.29, 1.82) is 0 Å². The van der Waals surface area contributed by atoms with Crippen molar-refractivity contribution in [3.63, 3.8) is 0 Å². The van der Waals surface area contributed by atoms with Crippen molar-refractivity contribution in [2.45, 2.75) is 75.4 Å². The number of nitrogens with two attached hydrogens (primary N) is 1. The molecule has 2 unspecified atom stereocenters. The van der Waals surface area contributed by atoms with Crippen LogP contribution in [0.1, 0.15) is 57.8 Å². The molecule has 3 saturated carbocycles. The third-order valence-corrected chi connectivity index (χ3v) is 5.83. The van der Waals surface area contributed by atoms with Crippen LogP contribution in [-0.2, 0) is 4.79 Å².